The van der Waals surface area contributed by atoms with Crippen LogP contribution in [-0.2, 0) is 6.42 Å². The summed E-state index contributed by atoms with van der Waals surface area (Å²) in [4.78, 5) is 0. The average molecular weight is 485 g/mol. The minimum atomic E-state index is -1.24. The highest BCUT2D eigenvalue weighted by atomic mass is 19.2. The first-order valence-corrected chi connectivity index (χ1v) is 12.6. The Morgan fingerprint density at radius 3 is 1.83 bits per heavy atom. The summed E-state index contributed by atoms with van der Waals surface area (Å²) in [5.74, 6) is -3.86. The minimum absolute atomic E-state index is 0.0726. The molecule has 1 fully saturated rings. The van der Waals surface area contributed by atoms with Gasteiger partial charge in [-0.15, -0.1) is 0 Å². The first kappa shape index (κ1) is 25.3. The number of hydrogen-bond donors (Lipinski definition) is 0. The van der Waals surface area contributed by atoms with Crippen molar-refractivity contribution in [2.45, 2.75) is 58.8 Å². The van der Waals surface area contributed by atoms with Crippen LogP contribution in [0.4, 0.5) is 17.6 Å². The lowest BCUT2D eigenvalue weighted by molar-refractivity contribution is 0.173. The van der Waals surface area contributed by atoms with Gasteiger partial charge in [-0.05, 0) is 54.4 Å². The highest BCUT2D eigenvalue weighted by Crippen LogP contribution is 2.36. The molecule has 0 bridgehead atoms. The van der Waals surface area contributed by atoms with Crippen molar-refractivity contribution in [1.82, 2.24) is 0 Å². The van der Waals surface area contributed by atoms with Crippen LogP contribution < -0.4 is 4.74 Å². The van der Waals surface area contributed by atoms with E-state index in [1.54, 1.807) is 12.1 Å². The van der Waals surface area contributed by atoms with E-state index in [4.69, 9.17) is 4.74 Å². The summed E-state index contributed by atoms with van der Waals surface area (Å²) in [6.45, 7) is 4.52. The van der Waals surface area contributed by atoms with Crippen LogP contribution >= 0.6 is 0 Å². The fraction of sp³-hybridized carbons (Fsp3) is 0.400. The molecule has 1 aliphatic rings. The van der Waals surface area contributed by atoms with Crippen molar-refractivity contribution in [3.63, 3.8) is 0 Å². The van der Waals surface area contributed by atoms with Gasteiger partial charge in [0.2, 0.25) is 5.82 Å². The van der Waals surface area contributed by atoms with Gasteiger partial charge in [-0.3, -0.25) is 0 Å². The maximum atomic E-state index is 15.0. The zero-order valence-electron chi connectivity index (χ0n) is 20.4. The van der Waals surface area contributed by atoms with Crippen LogP contribution in [0.25, 0.3) is 22.3 Å². The second kappa shape index (κ2) is 11.3. The number of ether oxygens (including phenoxy) is 1. The zero-order chi connectivity index (χ0) is 24.9. The third kappa shape index (κ3) is 5.55. The maximum Gasteiger partial charge on any atom is 0.201 e. The van der Waals surface area contributed by atoms with Gasteiger partial charge in [0.15, 0.2) is 23.2 Å². The summed E-state index contributed by atoms with van der Waals surface area (Å²) in [5.41, 5.74) is 1.01. The third-order valence-electron chi connectivity index (χ3n) is 7.23. The van der Waals surface area contributed by atoms with Crippen LogP contribution in [0.5, 0.6) is 5.75 Å². The van der Waals surface area contributed by atoms with Crippen molar-refractivity contribution in [2.75, 3.05) is 6.61 Å². The van der Waals surface area contributed by atoms with E-state index in [2.05, 4.69) is 6.92 Å². The van der Waals surface area contributed by atoms with Crippen LogP contribution in [-0.4, -0.2) is 6.61 Å². The molecule has 1 nitrogen and oxygen atoms in total. The van der Waals surface area contributed by atoms with Crippen molar-refractivity contribution in [2.24, 2.45) is 11.8 Å². The molecule has 0 atom stereocenters. The van der Waals surface area contributed by atoms with Gasteiger partial charge in [0.05, 0.1) is 6.61 Å². The van der Waals surface area contributed by atoms with Crippen molar-refractivity contribution in [3.8, 4) is 28.0 Å². The van der Waals surface area contributed by atoms with Gasteiger partial charge in [-0.1, -0.05) is 75.9 Å². The van der Waals surface area contributed by atoms with E-state index in [1.807, 2.05) is 19.1 Å². The highest BCUT2D eigenvalue weighted by Gasteiger charge is 2.24. The first-order chi connectivity index (χ1) is 16.9. The largest absolute Gasteiger partial charge is 0.490 e. The Morgan fingerprint density at radius 1 is 0.657 bits per heavy atom. The lowest BCUT2D eigenvalue weighted by Gasteiger charge is -2.28. The summed E-state index contributed by atoms with van der Waals surface area (Å²) >= 11 is 0. The molecule has 0 spiro atoms. The van der Waals surface area contributed by atoms with E-state index < -0.39 is 23.3 Å². The Bertz CT molecular complexity index is 1150. The van der Waals surface area contributed by atoms with Crippen LogP contribution in [0.2, 0.25) is 0 Å². The molecular weight excluding hydrogens is 452 g/mol. The van der Waals surface area contributed by atoms with Crippen LogP contribution in [0.3, 0.4) is 0 Å². The molecule has 0 aliphatic heterocycles. The Hall–Kier alpha value is -2.82. The molecule has 0 aromatic heterocycles. The maximum absolute atomic E-state index is 15.0. The van der Waals surface area contributed by atoms with E-state index >= 15 is 0 Å². The molecule has 5 heteroatoms. The first-order valence-electron chi connectivity index (χ1n) is 12.6. The van der Waals surface area contributed by atoms with Crippen molar-refractivity contribution >= 4 is 0 Å². The number of halogens is 4. The third-order valence-corrected chi connectivity index (χ3v) is 7.23. The minimum Gasteiger partial charge on any atom is -0.490 e. The number of hydrogen-bond acceptors (Lipinski definition) is 1. The molecule has 0 N–H and O–H groups in total. The molecule has 0 unspecified atom stereocenters. The molecule has 0 amide bonds. The Morgan fingerprint density at radius 2 is 1.20 bits per heavy atom. The molecule has 3 aromatic carbocycles. The van der Waals surface area contributed by atoms with Crippen molar-refractivity contribution in [1.29, 1.82) is 0 Å². The van der Waals surface area contributed by atoms with Crippen molar-refractivity contribution < 1.29 is 22.3 Å². The molecule has 1 saturated carbocycles. The van der Waals surface area contributed by atoms with Crippen molar-refractivity contribution in [3.05, 3.63) is 77.4 Å². The summed E-state index contributed by atoms with van der Waals surface area (Å²) in [5, 5.41) is 0. The fourth-order valence-corrected chi connectivity index (χ4v) is 5.05. The van der Waals surface area contributed by atoms with Crippen LogP contribution in [0.1, 0.15) is 57.9 Å². The van der Waals surface area contributed by atoms with Crippen LogP contribution in [0.15, 0.2) is 48.5 Å². The highest BCUT2D eigenvalue weighted by molar-refractivity contribution is 5.72. The topological polar surface area (TPSA) is 9.23 Å². The van der Waals surface area contributed by atoms with Gasteiger partial charge in [-0.2, -0.15) is 4.39 Å². The molecule has 0 saturated heterocycles. The fourth-order valence-electron chi connectivity index (χ4n) is 5.05. The molecule has 0 heterocycles. The van der Waals surface area contributed by atoms with Gasteiger partial charge >= 0.3 is 0 Å². The lowest BCUT2D eigenvalue weighted by Crippen LogP contribution is -2.20. The van der Waals surface area contributed by atoms with Crippen LogP contribution in [0, 0.1) is 35.1 Å². The Kier molecular flexibility index (Phi) is 8.15. The molecule has 186 valence electrons. The normalized spacial score (nSPS) is 18.0. The Labute approximate surface area is 205 Å². The van der Waals surface area contributed by atoms with E-state index in [9.17, 15) is 17.6 Å². The lowest BCUT2D eigenvalue weighted by atomic mass is 9.80. The summed E-state index contributed by atoms with van der Waals surface area (Å²) in [7, 11) is 0. The molecule has 1 aliphatic carbocycles. The average Bonchev–Trinajstić information content (AvgIpc) is 2.88. The molecule has 0 radical (unpaired) electrons. The monoisotopic (exact) mass is 484 g/mol. The van der Waals surface area contributed by atoms with E-state index in [-0.39, 0.29) is 22.4 Å². The Balaban J connectivity index is 1.50. The summed E-state index contributed by atoms with van der Waals surface area (Å²) in [6, 6.07) is 12.4. The van der Waals surface area contributed by atoms with Gasteiger partial charge in [-0.25, -0.2) is 13.2 Å². The number of rotatable bonds is 8. The predicted octanol–water partition coefficient (Wildman–Crippen LogP) is 9.12. The number of aryl methyl sites for hydroxylation is 1. The predicted molar refractivity (Wildman–Crippen MR) is 132 cm³/mol. The summed E-state index contributed by atoms with van der Waals surface area (Å²) < 4.78 is 65.2. The van der Waals surface area contributed by atoms with E-state index in [1.165, 1.54) is 37.1 Å². The van der Waals surface area contributed by atoms with E-state index in [0.29, 0.717) is 18.1 Å². The standard InChI is InChI=1S/C30H32F4O/c1-3-5-20-6-8-21(9-7-20)18-35-26-17-16-25(29(33)30(26)34)24-15-14-23(27(31)28(24)32)22-12-10-19(4-2)11-13-22/h10-17,20-21H,3-9,18H2,1-2H3. The second-order valence-corrected chi connectivity index (χ2v) is 9.56. The second-order valence-electron chi connectivity index (χ2n) is 9.56. The summed E-state index contributed by atoms with van der Waals surface area (Å²) in [6.07, 6.45) is 7.57. The van der Waals surface area contributed by atoms with E-state index in [0.717, 1.165) is 43.6 Å². The molecule has 4 rings (SSSR count). The SMILES string of the molecule is CCCC1CCC(COc2ccc(-c3ccc(-c4ccc(CC)cc4)c(F)c3F)c(F)c2F)CC1. The molecular formula is C30H32F4O. The molecule has 3 aromatic rings. The quantitative estimate of drug-likeness (QED) is 0.290. The van der Waals surface area contributed by atoms with Gasteiger partial charge in [0.1, 0.15) is 0 Å². The molecule has 35 heavy (non-hydrogen) atoms. The van der Waals surface area contributed by atoms with Gasteiger partial charge in [0, 0.05) is 16.7 Å². The van der Waals surface area contributed by atoms with Gasteiger partial charge < -0.3 is 4.74 Å². The zero-order valence-corrected chi connectivity index (χ0v) is 20.4. The number of benzene rings is 3. The smallest absolute Gasteiger partial charge is 0.201 e. The van der Waals surface area contributed by atoms with Gasteiger partial charge in [0.25, 0.3) is 0 Å².